The Hall–Kier alpha value is -1.97. The van der Waals surface area contributed by atoms with Crippen molar-refractivity contribution in [2.75, 3.05) is 5.73 Å². The van der Waals surface area contributed by atoms with Crippen molar-refractivity contribution in [3.8, 4) is 11.4 Å². The Morgan fingerprint density at radius 1 is 0.938 bits per heavy atom. The lowest BCUT2D eigenvalue weighted by atomic mass is 10.1. The fraction of sp³-hybridized carbons (Fsp3) is 0.250. The number of benzene rings is 1. The topological polar surface area (TPSA) is 64.7 Å². The van der Waals surface area contributed by atoms with E-state index in [1.165, 1.54) is 0 Å². The number of hydrogen-bond donors (Lipinski definition) is 1. The maximum atomic E-state index is 5.86. The predicted molar refractivity (Wildman–Crippen MR) is 63.9 cm³/mol. The van der Waals surface area contributed by atoms with Gasteiger partial charge in [-0.05, 0) is 32.4 Å². The van der Waals surface area contributed by atoms with Gasteiger partial charge in [-0.1, -0.05) is 12.1 Å². The quantitative estimate of drug-likeness (QED) is 0.738. The van der Waals surface area contributed by atoms with E-state index >= 15 is 0 Å². The summed E-state index contributed by atoms with van der Waals surface area (Å²) in [5.74, 6) is 2.12. The van der Waals surface area contributed by atoms with E-state index in [2.05, 4.69) is 15.0 Å². The third-order valence-electron chi connectivity index (χ3n) is 2.40. The van der Waals surface area contributed by atoms with Crippen LogP contribution in [0, 0.1) is 20.8 Å². The monoisotopic (exact) mass is 214 g/mol. The molecule has 0 saturated carbocycles. The Labute approximate surface area is 94.6 Å². The highest BCUT2D eigenvalue weighted by atomic mass is 15.0. The Morgan fingerprint density at radius 3 is 2.12 bits per heavy atom. The van der Waals surface area contributed by atoms with Gasteiger partial charge in [-0.3, -0.25) is 0 Å². The van der Waals surface area contributed by atoms with Crippen molar-refractivity contribution < 1.29 is 0 Å². The highest BCUT2D eigenvalue weighted by Crippen LogP contribution is 2.20. The maximum absolute atomic E-state index is 5.86. The molecule has 82 valence electrons. The van der Waals surface area contributed by atoms with Gasteiger partial charge in [-0.15, -0.1) is 0 Å². The first-order valence-corrected chi connectivity index (χ1v) is 5.12. The molecule has 0 radical (unpaired) electrons. The predicted octanol–water partition coefficient (Wildman–Crippen LogP) is 2.05. The van der Waals surface area contributed by atoms with Gasteiger partial charge >= 0.3 is 0 Å². The number of hydrogen-bond acceptors (Lipinski definition) is 4. The smallest absolute Gasteiger partial charge is 0.163 e. The fourth-order valence-corrected chi connectivity index (χ4v) is 1.52. The van der Waals surface area contributed by atoms with Crippen LogP contribution in [0.1, 0.15) is 17.2 Å². The molecule has 0 bridgehead atoms. The third-order valence-corrected chi connectivity index (χ3v) is 2.40. The van der Waals surface area contributed by atoms with E-state index in [1.54, 1.807) is 0 Å². The molecule has 4 nitrogen and oxygen atoms in total. The number of nitrogens with two attached hydrogens (primary N) is 1. The number of nitrogen functional groups attached to an aromatic ring is 1. The molecule has 1 aromatic carbocycles. The van der Waals surface area contributed by atoms with Gasteiger partial charge in [0, 0.05) is 11.3 Å². The average Bonchev–Trinajstić information content (AvgIpc) is 2.20. The highest BCUT2D eigenvalue weighted by molar-refractivity contribution is 5.63. The first-order valence-electron chi connectivity index (χ1n) is 5.12. The van der Waals surface area contributed by atoms with E-state index in [0.29, 0.717) is 5.82 Å². The van der Waals surface area contributed by atoms with Crippen molar-refractivity contribution in [2.45, 2.75) is 20.8 Å². The molecule has 0 aliphatic carbocycles. The summed E-state index contributed by atoms with van der Waals surface area (Å²) in [4.78, 5) is 12.7. The molecule has 0 amide bonds. The minimum Gasteiger partial charge on any atom is -0.398 e. The summed E-state index contributed by atoms with van der Waals surface area (Å²) in [6.45, 7) is 5.69. The second kappa shape index (κ2) is 3.89. The first kappa shape index (κ1) is 10.5. The maximum Gasteiger partial charge on any atom is 0.163 e. The number of aromatic nitrogens is 3. The van der Waals surface area contributed by atoms with Crippen molar-refractivity contribution in [3.05, 3.63) is 35.4 Å². The van der Waals surface area contributed by atoms with E-state index in [1.807, 2.05) is 39.0 Å². The zero-order chi connectivity index (χ0) is 11.7. The lowest BCUT2D eigenvalue weighted by Gasteiger charge is -2.05. The second-order valence-corrected chi connectivity index (χ2v) is 3.82. The van der Waals surface area contributed by atoms with E-state index in [0.717, 1.165) is 28.5 Å². The molecular weight excluding hydrogens is 200 g/mol. The van der Waals surface area contributed by atoms with Gasteiger partial charge in [0.15, 0.2) is 5.82 Å². The Kier molecular flexibility index (Phi) is 2.56. The van der Waals surface area contributed by atoms with E-state index in [-0.39, 0.29) is 0 Å². The van der Waals surface area contributed by atoms with Gasteiger partial charge in [-0.2, -0.15) is 0 Å². The standard InChI is InChI=1S/C12H14N4/c1-7-4-5-10(6-11(7)13)12-15-8(2)14-9(3)16-12/h4-6H,13H2,1-3H3. The zero-order valence-corrected chi connectivity index (χ0v) is 9.65. The van der Waals surface area contributed by atoms with Gasteiger partial charge < -0.3 is 5.73 Å². The molecule has 0 fully saturated rings. The van der Waals surface area contributed by atoms with Crippen LogP contribution >= 0.6 is 0 Å². The summed E-state index contributed by atoms with van der Waals surface area (Å²) in [7, 11) is 0. The van der Waals surface area contributed by atoms with E-state index < -0.39 is 0 Å². The minimum absolute atomic E-state index is 0.678. The molecule has 2 aromatic rings. The third kappa shape index (κ3) is 2.00. The Bertz CT molecular complexity index is 514. The van der Waals surface area contributed by atoms with Crippen LogP contribution in [0.2, 0.25) is 0 Å². The molecule has 0 spiro atoms. The van der Waals surface area contributed by atoms with Crippen LogP contribution in [-0.2, 0) is 0 Å². The van der Waals surface area contributed by atoms with E-state index in [4.69, 9.17) is 5.73 Å². The van der Waals surface area contributed by atoms with Crippen LogP contribution in [0.4, 0.5) is 5.69 Å². The summed E-state index contributed by atoms with van der Waals surface area (Å²) in [5.41, 5.74) is 8.61. The van der Waals surface area contributed by atoms with Gasteiger partial charge in [-0.25, -0.2) is 15.0 Å². The van der Waals surface area contributed by atoms with Crippen molar-refractivity contribution in [1.29, 1.82) is 0 Å². The SMILES string of the molecule is Cc1nc(C)nc(-c2ccc(C)c(N)c2)n1. The summed E-state index contributed by atoms with van der Waals surface area (Å²) < 4.78 is 0. The molecule has 1 aromatic heterocycles. The van der Waals surface area contributed by atoms with Crippen molar-refractivity contribution >= 4 is 5.69 Å². The molecular formula is C12H14N4. The van der Waals surface area contributed by atoms with Crippen LogP contribution in [0.15, 0.2) is 18.2 Å². The van der Waals surface area contributed by atoms with Crippen LogP contribution in [0.5, 0.6) is 0 Å². The van der Waals surface area contributed by atoms with Gasteiger partial charge in [0.2, 0.25) is 0 Å². The molecule has 4 heteroatoms. The van der Waals surface area contributed by atoms with Crippen molar-refractivity contribution in [1.82, 2.24) is 15.0 Å². The Morgan fingerprint density at radius 2 is 1.56 bits per heavy atom. The second-order valence-electron chi connectivity index (χ2n) is 3.82. The van der Waals surface area contributed by atoms with Crippen LogP contribution in [0.25, 0.3) is 11.4 Å². The Balaban J connectivity index is 2.54. The van der Waals surface area contributed by atoms with Gasteiger partial charge in [0.25, 0.3) is 0 Å². The lowest BCUT2D eigenvalue weighted by molar-refractivity contribution is 0.928. The van der Waals surface area contributed by atoms with Gasteiger partial charge in [0.05, 0.1) is 0 Å². The van der Waals surface area contributed by atoms with Crippen LogP contribution < -0.4 is 5.73 Å². The number of anilines is 1. The van der Waals surface area contributed by atoms with Crippen molar-refractivity contribution in [3.63, 3.8) is 0 Å². The molecule has 16 heavy (non-hydrogen) atoms. The van der Waals surface area contributed by atoms with E-state index in [9.17, 15) is 0 Å². The largest absolute Gasteiger partial charge is 0.398 e. The fourth-order valence-electron chi connectivity index (χ4n) is 1.52. The molecule has 2 N–H and O–H groups in total. The summed E-state index contributed by atoms with van der Waals surface area (Å²) in [6.07, 6.45) is 0. The average molecular weight is 214 g/mol. The van der Waals surface area contributed by atoms with Crippen molar-refractivity contribution in [2.24, 2.45) is 0 Å². The molecule has 0 saturated heterocycles. The van der Waals surface area contributed by atoms with Crippen LogP contribution in [0.3, 0.4) is 0 Å². The summed E-state index contributed by atoms with van der Waals surface area (Å²) in [5, 5.41) is 0. The van der Waals surface area contributed by atoms with Crippen LogP contribution in [-0.4, -0.2) is 15.0 Å². The van der Waals surface area contributed by atoms with Gasteiger partial charge in [0.1, 0.15) is 11.6 Å². The molecule has 0 aliphatic heterocycles. The summed E-state index contributed by atoms with van der Waals surface area (Å²) >= 11 is 0. The number of nitrogens with zero attached hydrogens (tertiary/aromatic N) is 3. The first-order chi connectivity index (χ1) is 7.56. The molecule has 0 unspecified atom stereocenters. The molecule has 0 atom stereocenters. The number of aryl methyl sites for hydroxylation is 3. The molecule has 2 rings (SSSR count). The normalized spacial score (nSPS) is 10.4. The molecule has 1 heterocycles. The summed E-state index contributed by atoms with van der Waals surface area (Å²) in [6, 6.07) is 5.84. The molecule has 0 aliphatic rings. The number of rotatable bonds is 1. The lowest BCUT2D eigenvalue weighted by Crippen LogP contribution is -1.99. The highest BCUT2D eigenvalue weighted by Gasteiger charge is 2.05. The zero-order valence-electron chi connectivity index (χ0n) is 9.65. The minimum atomic E-state index is 0.678.